The van der Waals surface area contributed by atoms with Crippen molar-refractivity contribution in [1.82, 2.24) is 10.2 Å². The van der Waals surface area contributed by atoms with Crippen molar-refractivity contribution in [2.45, 2.75) is 31.9 Å². The Balaban J connectivity index is 2.50. The number of aliphatic hydroxyl groups excluding tert-OH is 1. The van der Waals surface area contributed by atoms with E-state index in [2.05, 4.69) is 5.32 Å². The van der Waals surface area contributed by atoms with Crippen LogP contribution in [0.1, 0.15) is 31.9 Å². The first kappa shape index (κ1) is 16.6. The van der Waals surface area contributed by atoms with Crippen molar-refractivity contribution in [3.8, 4) is 0 Å². The smallest absolute Gasteiger partial charge is 0.223 e. The first-order valence-electron chi connectivity index (χ1n) is 6.60. The Morgan fingerprint density at radius 1 is 1.45 bits per heavy atom. The Hall–Kier alpha value is -1.46. The van der Waals surface area contributed by atoms with Gasteiger partial charge in [0.15, 0.2) is 0 Å². The van der Waals surface area contributed by atoms with Crippen LogP contribution in [0.15, 0.2) is 24.3 Å². The summed E-state index contributed by atoms with van der Waals surface area (Å²) in [5.41, 5.74) is 0.242. The van der Waals surface area contributed by atoms with E-state index in [0.29, 0.717) is 12.1 Å². The van der Waals surface area contributed by atoms with Gasteiger partial charge in [-0.2, -0.15) is 0 Å². The van der Waals surface area contributed by atoms with E-state index in [0.717, 1.165) is 0 Å². The van der Waals surface area contributed by atoms with Crippen molar-refractivity contribution < 1.29 is 14.3 Å². The summed E-state index contributed by atoms with van der Waals surface area (Å²) >= 11 is 0. The van der Waals surface area contributed by atoms with E-state index in [1.54, 1.807) is 6.07 Å². The number of carbonyl (C=O) groups is 1. The second-order valence-corrected chi connectivity index (χ2v) is 5.76. The second-order valence-electron chi connectivity index (χ2n) is 5.76. The number of nitrogens with zero attached hydrogens (tertiary/aromatic N) is 1. The van der Waals surface area contributed by atoms with E-state index in [1.807, 2.05) is 32.8 Å². The van der Waals surface area contributed by atoms with Gasteiger partial charge in [0.1, 0.15) is 5.82 Å². The van der Waals surface area contributed by atoms with Crippen LogP contribution in [-0.2, 0) is 4.79 Å². The molecule has 0 saturated carbocycles. The molecule has 112 valence electrons. The molecule has 0 aliphatic heterocycles. The maximum absolute atomic E-state index is 13.0. The van der Waals surface area contributed by atoms with E-state index in [1.165, 1.54) is 18.2 Å². The summed E-state index contributed by atoms with van der Waals surface area (Å²) < 4.78 is 13.0. The van der Waals surface area contributed by atoms with Crippen molar-refractivity contribution in [3.63, 3.8) is 0 Å². The SMILES string of the molecule is CN(C)C(C)(C)CNC(=O)CC(O)c1cccc(F)c1. The molecule has 0 heterocycles. The molecule has 0 fully saturated rings. The van der Waals surface area contributed by atoms with Gasteiger partial charge in [0.25, 0.3) is 0 Å². The number of rotatable bonds is 6. The summed E-state index contributed by atoms with van der Waals surface area (Å²) in [5, 5.41) is 12.7. The summed E-state index contributed by atoms with van der Waals surface area (Å²) in [7, 11) is 3.88. The second kappa shape index (κ2) is 6.81. The summed E-state index contributed by atoms with van der Waals surface area (Å²) in [6, 6.07) is 5.66. The molecular formula is C15H23FN2O2. The highest BCUT2D eigenvalue weighted by Gasteiger charge is 2.22. The van der Waals surface area contributed by atoms with Gasteiger partial charge in [-0.15, -0.1) is 0 Å². The number of hydrogen-bond donors (Lipinski definition) is 2. The third-order valence-corrected chi connectivity index (χ3v) is 3.54. The average molecular weight is 282 g/mol. The van der Waals surface area contributed by atoms with Crippen molar-refractivity contribution in [2.24, 2.45) is 0 Å². The molecular weight excluding hydrogens is 259 g/mol. The van der Waals surface area contributed by atoms with Crippen LogP contribution in [0.3, 0.4) is 0 Å². The molecule has 0 aliphatic carbocycles. The van der Waals surface area contributed by atoms with Gasteiger partial charge in [-0.05, 0) is 45.6 Å². The average Bonchev–Trinajstić information content (AvgIpc) is 2.36. The van der Waals surface area contributed by atoms with Gasteiger partial charge in [-0.3, -0.25) is 4.79 Å². The van der Waals surface area contributed by atoms with Gasteiger partial charge in [-0.1, -0.05) is 12.1 Å². The molecule has 0 bridgehead atoms. The van der Waals surface area contributed by atoms with Crippen LogP contribution < -0.4 is 5.32 Å². The number of amides is 1. The van der Waals surface area contributed by atoms with Gasteiger partial charge in [0, 0.05) is 12.1 Å². The lowest BCUT2D eigenvalue weighted by Gasteiger charge is -2.32. The van der Waals surface area contributed by atoms with E-state index < -0.39 is 11.9 Å². The lowest BCUT2D eigenvalue weighted by Crippen LogP contribution is -2.48. The number of hydrogen-bond acceptors (Lipinski definition) is 3. The fourth-order valence-corrected chi connectivity index (χ4v) is 1.55. The van der Waals surface area contributed by atoms with E-state index in [4.69, 9.17) is 0 Å². The highest BCUT2D eigenvalue weighted by atomic mass is 19.1. The molecule has 2 N–H and O–H groups in total. The topological polar surface area (TPSA) is 52.6 Å². The molecule has 1 unspecified atom stereocenters. The number of nitrogens with one attached hydrogen (secondary N) is 1. The van der Waals surface area contributed by atoms with E-state index >= 15 is 0 Å². The molecule has 0 radical (unpaired) electrons. The third kappa shape index (κ3) is 4.90. The minimum Gasteiger partial charge on any atom is -0.388 e. The Bertz CT molecular complexity index is 461. The van der Waals surface area contributed by atoms with Crippen LogP contribution in [0.4, 0.5) is 4.39 Å². The summed E-state index contributed by atoms with van der Waals surface area (Å²) in [4.78, 5) is 13.8. The number of carbonyl (C=O) groups excluding carboxylic acids is 1. The molecule has 1 atom stereocenters. The molecule has 0 aromatic heterocycles. The maximum atomic E-state index is 13.0. The normalized spacial score (nSPS) is 13.3. The van der Waals surface area contributed by atoms with Gasteiger partial charge in [-0.25, -0.2) is 4.39 Å². The third-order valence-electron chi connectivity index (χ3n) is 3.54. The Labute approximate surface area is 119 Å². The van der Waals surface area contributed by atoms with Crippen LogP contribution in [0.2, 0.25) is 0 Å². The van der Waals surface area contributed by atoms with Gasteiger partial charge < -0.3 is 15.3 Å². The minimum absolute atomic E-state index is 0.0764. The maximum Gasteiger partial charge on any atom is 0.223 e. The van der Waals surface area contributed by atoms with Gasteiger partial charge in [0.05, 0.1) is 12.5 Å². The number of aliphatic hydroxyl groups is 1. The van der Waals surface area contributed by atoms with Gasteiger partial charge >= 0.3 is 0 Å². The quantitative estimate of drug-likeness (QED) is 0.835. The largest absolute Gasteiger partial charge is 0.388 e. The van der Waals surface area contributed by atoms with Crippen LogP contribution in [0.5, 0.6) is 0 Å². The van der Waals surface area contributed by atoms with Crippen molar-refractivity contribution in [3.05, 3.63) is 35.6 Å². The van der Waals surface area contributed by atoms with Crippen molar-refractivity contribution in [1.29, 1.82) is 0 Å². The molecule has 4 nitrogen and oxygen atoms in total. The monoisotopic (exact) mass is 282 g/mol. The zero-order valence-corrected chi connectivity index (χ0v) is 12.5. The zero-order valence-electron chi connectivity index (χ0n) is 12.5. The molecule has 20 heavy (non-hydrogen) atoms. The van der Waals surface area contributed by atoms with Crippen LogP contribution in [0.25, 0.3) is 0 Å². The van der Waals surface area contributed by atoms with Crippen LogP contribution in [-0.4, -0.2) is 42.1 Å². The van der Waals surface area contributed by atoms with Crippen LogP contribution >= 0.6 is 0 Å². The molecule has 1 aromatic rings. The highest BCUT2D eigenvalue weighted by Crippen LogP contribution is 2.17. The van der Waals surface area contributed by atoms with Crippen molar-refractivity contribution >= 4 is 5.91 Å². The Kier molecular flexibility index (Phi) is 5.65. The fourth-order valence-electron chi connectivity index (χ4n) is 1.55. The summed E-state index contributed by atoms with van der Waals surface area (Å²) in [6.07, 6.45) is -1.07. The standard InChI is InChI=1S/C15H23FN2O2/c1-15(2,18(3)4)10-17-14(20)9-13(19)11-6-5-7-12(16)8-11/h5-8,13,19H,9-10H2,1-4H3,(H,17,20). The lowest BCUT2D eigenvalue weighted by atomic mass is 10.0. The Morgan fingerprint density at radius 2 is 2.10 bits per heavy atom. The zero-order chi connectivity index (χ0) is 15.3. The number of halogens is 1. The molecule has 0 saturated heterocycles. The predicted molar refractivity (Wildman–Crippen MR) is 76.8 cm³/mol. The first-order chi connectivity index (χ1) is 9.22. The van der Waals surface area contributed by atoms with E-state index in [-0.39, 0.29) is 17.9 Å². The number of benzene rings is 1. The molecule has 5 heteroatoms. The molecule has 0 spiro atoms. The predicted octanol–water partition coefficient (Wildman–Crippen LogP) is 1.71. The Morgan fingerprint density at radius 3 is 2.65 bits per heavy atom. The highest BCUT2D eigenvalue weighted by molar-refractivity contribution is 5.76. The minimum atomic E-state index is -0.992. The first-order valence-corrected chi connectivity index (χ1v) is 6.60. The van der Waals surface area contributed by atoms with E-state index in [9.17, 15) is 14.3 Å². The molecule has 0 aliphatic rings. The molecule has 1 amide bonds. The molecule has 1 aromatic carbocycles. The number of likely N-dealkylation sites (N-methyl/N-ethyl adjacent to an activating group) is 1. The lowest BCUT2D eigenvalue weighted by molar-refractivity contribution is -0.123. The van der Waals surface area contributed by atoms with Crippen LogP contribution in [0, 0.1) is 5.82 Å². The summed E-state index contributed by atoms with van der Waals surface area (Å²) in [6.45, 7) is 4.50. The molecule has 1 rings (SSSR count). The van der Waals surface area contributed by atoms with Gasteiger partial charge in [0.2, 0.25) is 5.91 Å². The summed E-state index contributed by atoms with van der Waals surface area (Å²) in [5.74, 6) is -0.674. The van der Waals surface area contributed by atoms with Crippen molar-refractivity contribution in [2.75, 3.05) is 20.6 Å². The fraction of sp³-hybridized carbons (Fsp3) is 0.533.